The molecule has 0 saturated heterocycles. The van der Waals surface area contributed by atoms with Crippen LogP contribution in [0.4, 0.5) is 10.1 Å². The first kappa shape index (κ1) is 25.8. The van der Waals surface area contributed by atoms with Gasteiger partial charge in [0, 0.05) is 28.7 Å². The molecule has 11 heteroatoms. The molecule has 186 valence electrons. The summed E-state index contributed by atoms with van der Waals surface area (Å²) in [5, 5.41) is 3.99. The molecule has 9 nitrogen and oxygen atoms in total. The summed E-state index contributed by atoms with van der Waals surface area (Å²) >= 11 is 0. The van der Waals surface area contributed by atoms with Crippen molar-refractivity contribution in [1.82, 2.24) is 9.99 Å². The number of hydrogen-bond acceptors (Lipinski definition) is 6. The topological polar surface area (TPSA) is 102 Å². The van der Waals surface area contributed by atoms with Crippen LogP contribution >= 0.6 is 0 Å². The Bertz CT molecular complexity index is 1350. The van der Waals surface area contributed by atoms with Gasteiger partial charge in [0.1, 0.15) is 12.4 Å². The average molecular weight is 503 g/mol. The van der Waals surface area contributed by atoms with Crippen molar-refractivity contribution >= 4 is 27.8 Å². The van der Waals surface area contributed by atoms with Crippen molar-refractivity contribution in [1.29, 1.82) is 0 Å². The van der Waals surface area contributed by atoms with E-state index in [0.29, 0.717) is 11.5 Å². The molecule has 0 fully saturated rings. The maximum absolute atomic E-state index is 13.3. The number of hydrazone groups is 1. The lowest BCUT2D eigenvalue weighted by Gasteiger charge is -2.22. The van der Waals surface area contributed by atoms with E-state index in [-0.39, 0.29) is 11.5 Å². The number of nitrogens with one attached hydrogen (secondary N) is 1. The number of methoxy groups -OCH3 is 2. The number of halogens is 1. The van der Waals surface area contributed by atoms with E-state index in [9.17, 15) is 17.6 Å². The van der Waals surface area contributed by atoms with E-state index in [1.807, 2.05) is 24.5 Å². The summed E-state index contributed by atoms with van der Waals surface area (Å²) in [4.78, 5) is 12.5. The van der Waals surface area contributed by atoms with Crippen molar-refractivity contribution in [3.05, 3.63) is 71.3 Å². The highest BCUT2D eigenvalue weighted by atomic mass is 32.2. The van der Waals surface area contributed by atoms with E-state index in [1.54, 1.807) is 18.2 Å². The predicted octanol–water partition coefficient (Wildman–Crippen LogP) is 3.17. The number of carbonyl (C=O) groups is 1. The molecule has 0 bridgehead atoms. The van der Waals surface area contributed by atoms with Crippen LogP contribution in [0.1, 0.15) is 17.0 Å². The fraction of sp³-hybridized carbons (Fsp3) is 0.250. The van der Waals surface area contributed by atoms with Crippen LogP contribution in [0.25, 0.3) is 5.69 Å². The molecule has 1 heterocycles. The molecular weight excluding hydrogens is 475 g/mol. The van der Waals surface area contributed by atoms with Crippen molar-refractivity contribution in [2.45, 2.75) is 13.8 Å². The number of anilines is 1. The molecule has 3 aromatic rings. The summed E-state index contributed by atoms with van der Waals surface area (Å²) in [6.45, 7) is 3.29. The van der Waals surface area contributed by atoms with E-state index in [0.717, 1.165) is 33.2 Å². The lowest BCUT2D eigenvalue weighted by atomic mass is 10.2. The van der Waals surface area contributed by atoms with Crippen molar-refractivity contribution in [3.63, 3.8) is 0 Å². The van der Waals surface area contributed by atoms with Crippen LogP contribution in [0.2, 0.25) is 0 Å². The standard InChI is InChI=1S/C24H27FN4O5S/c1-16-12-18(17(2)29(16)20-8-6-19(25)7-9-20)14-26-27-24(30)15-28(35(5,31)32)21-10-11-22(33-3)23(13-21)34-4/h6-14H,15H2,1-5H3,(H,27,30). The second-order valence-corrected chi connectivity index (χ2v) is 9.65. The Morgan fingerprint density at radius 1 is 1.09 bits per heavy atom. The van der Waals surface area contributed by atoms with E-state index in [2.05, 4.69) is 10.5 Å². The Hall–Kier alpha value is -3.86. The third-order valence-corrected chi connectivity index (χ3v) is 6.43. The summed E-state index contributed by atoms with van der Waals surface area (Å²) in [5.41, 5.74) is 5.89. The van der Waals surface area contributed by atoms with E-state index in [1.165, 1.54) is 44.7 Å². The SMILES string of the molecule is COc1ccc(N(CC(=O)NN=Cc2cc(C)n(-c3ccc(F)cc3)c2C)S(C)(=O)=O)cc1OC. The molecule has 3 rings (SSSR count). The van der Waals surface area contributed by atoms with Gasteiger partial charge in [-0.05, 0) is 56.3 Å². The molecule has 0 spiro atoms. The number of sulfonamides is 1. The lowest BCUT2D eigenvalue weighted by molar-refractivity contribution is -0.119. The third-order valence-electron chi connectivity index (χ3n) is 5.29. The van der Waals surface area contributed by atoms with Gasteiger partial charge in [-0.1, -0.05) is 0 Å². The molecule has 0 atom stereocenters. The highest BCUT2D eigenvalue weighted by Gasteiger charge is 2.22. The predicted molar refractivity (Wildman–Crippen MR) is 133 cm³/mol. The zero-order valence-electron chi connectivity index (χ0n) is 20.1. The first-order valence-corrected chi connectivity index (χ1v) is 12.4. The molecule has 1 amide bonds. The molecule has 0 unspecified atom stereocenters. The number of amides is 1. The van der Waals surface area contributed by atoms with E-state index < -0.39 is 22.5 Å². The van der Waals surface area contributed by atoms with Crippen molar-refractivity contribution < 1.29 is 27.1 Å². The van der Waals surface area contributed by atoms with Gasteiger partial charge in [0.25, 0.3) is 5.91 Å². The fourth-order valence-corrected chi connectivity index (χ4v) is 4.47. The maximum Gasteiger partial charge on any atom is 0.260 e. The second-order valence-electron chi connectivity index (χ2n) is 7.74. The number of ether oxygens (including phenoxy) is 2. The molecule has 0 aliphatic heterocycles. The normalized spacial score (nSPS) is 11.5. The minimum atomic E-state index is -3.78. The van der Waals surface area contributed by atoms with Gasteiger partial charge >= 0.3 is 0 Å². The Morgan fingerprint density at radius 2 is 1.74 bits per heavy atom. The van der Waals surface area contributed by atoms with Gasteiger partial charge in [-0.2, -0.15) is 5.10 Å². The third kappa shape index (κ3) is 5.99. The number of aryl methyl sites for hydroxylation is 1. The largest absolute Gasteiger partial charge is 0.493 e. The highest BCUT2D eigenvalue weighted by molar-refractivity contribution is 7.92. The maximum atomic E-state index is 13.3. The highest BCUT2D eigenvalue weighted by Crippen LogP contribution is 2.32. The average Bonchev–Trinajstić information content (AvgIpc) is 3.09. The molecule has 0 radical (unpaired) electrons. The summed E-state index contributed by atoms with van der Waals surface area (Å²) in [5.74, 6) is -0.198. The second kappa shape index (κ2) is 10.6. The zero-order valence-corrected chi connectivity index (χ0v) is 20.9. The summed E-state index contributed by atoms with van der Waals surface area (Å²) in [7, 11) is -0.885. The van der Waals surface area contributed by atoms with Gasteiger partial charge in [0.2, 0.25) is 10.0 Å². The van der Waals surface area contributed by atoms with Gasteiger partial charge in [0.15, 0.2) is 11.5 Å². The molecule has 35 heavy (non-hydrogen) atoms. The molecule has 0 aliphatic rings. The summed E-state index contributed by atoms with van der Waals surface area (Å²) in [6, 6.07) is 12.5. The number of rotatable bonds is 9. The number of hydrogen-bond donors (Lipinski definition) is 1. The lowest BCUT2D eigenvalue weighted by Crippen LogP contribution is -2.39. The Morgan fingerprint density at radius 3 is 2.34 bits per heavy atom. The molecular formula is C24H27FN4O5S. The minimum absolute atomic E-state index is 0.243. The van der Waals surface area contributed by atoms with Gasteiger partial charge < -0.3 is 14.0 Å². The van der Waals surface area contributed by atoms with Crippen LogP contribution in [0.5, 0.6) is 11.5 Å². The number of aromatic nitrogens is 1. The van der Waals surface area contributed by atoms with Crippen LogP contribution in [-0.2, 0) is 14.8 Å². The van der Waals surface area contributed by atoms with E-state index >= 15 is 0 Å². The molecule has 2 aromatic carbocycles. The number of carbonyl (C=O) groups excluding carboxylic acids is 1. The first-order valence-electron chi connectivity index (χ1n) is 10.5. The van der Waals surface area contributed by atoms with Crippen molar-refractivity contribution in [2.24, 2.45) is 5.10 Å². The zero-order chi connectivity index (χ0) is 25.8. The van der Waals surface area contributed by atoms with Crippen LogP contribution in [0.3, 0.4) is 0 Å². The van der Waals surface area contributed by atoms with E-state index in [4.69, 9.17) is 9.47 Å². The molecule has 1 N–H and O–H groups in total. The smallest absolute Gasteiger partial charge is 0.260 e. The van der Waals surface area contributed by atoms with Gasteiger partial charge in [-0.25, -0.2) is 18.2 Å². The summed E-state index contributed by atoms with van der Waals surface area (Å²) in [6.07, 6.45) is 2.48. The van der Waals surface area contributed by atoms with Crippen LogP contribution in [0.15, 0.2) is 53.6 Å². The van der Waals surface area contributed by atoms with Crippen molar-refractivity contribution in [3.8, 4) is 17.2 Å². The number of benzene rings is 2. The van der Waals surface area contributed by atoms with Crippen molar-refractivity contribution in [2.75, 3.05) is 31.3 Å². The Balaban J connectivity index is 1.76. The molecule has 0 aliphatic carbocycles. The monoisotopic (exact) mass is 502 g/mol. The molecule has 0 saturated carbocycles. The fourth-order valence-electron chi connectivity index (χ4n) is 3.63. The molecule has 1 aromatic heterocycles. The van der Waals surface area contributed by atoms with Gasteiger partial charge in [-0.15, -0.1) is 0 Å². The Labute approximate surface area is 203 Å². The van der Waals surface area contributed by atoms with Gasteiger partial charge in [0.05, 0.1) is 32.4 Å². The quantitative estimate of drug-likeness (QED) is 0.358. The van der Waals surface area contributed by atoms with Gasteiger partial charge in [-0.3, -0.25) is 9.10 Å². The van der Waals surface area contributed by atoms with Crippen LogP contribution in [0, 0.1) is 19.7 Å². The summed E-state index contributed by atoms with van der Waals surface area (Å²) < 4.78 is 51.3. The van der Waals surface area contributed by atoms with Crippen LogP contribution in [-0.4, -0.2) is 52.1 Å². The number of nitrogens with zero attached hydrogens (tertiary/aromatic N) is 3. The minimum Gasteiger partial charge on any atom is -0.493 e. The van der Waals surface area contributed by atoms with Crippen LogP contribution < -0.4 is 19.2 Å². The Kier molecular flexibility index (Phi) is 7.80. The first-order chi connectivity index (χ1) is 16.5.